The maximum Gasteiger partial charge on any atom is 0.227 e. The first-order valence-corrected chi connectivity index (χ1v) is 7.55. The summed E-state index contributed by atoms with van der Waals surface area (Å²) in [7, 11) is 0. The van der Waals surface area contributed by atoms with Gasteiger partial charge in [-0.15, -0.1) is 12.4 Å². The highest BCUT2D eigenvalue weighted by atomic mass is 35.5. The third-order valence-corrected chi connectivity index (χ3v) is 4.14. The number of nitrogens with one attached hydrogen (secondary N) is 2. The van der Waals surface area contributed by atoms with E-state index >= 15 is 0 Å². The van der Waals surface area contributed by atoms with Gasteiger partial charge in [0.2, 0.25) is 5.91 Å². The van der Waals surface area contributed by atoms with Crippen molar-refractivity contribution in [2.45, 2.75) is 13.8 Å². The standard InChI is InChI=1S/C17H20N4O.ClH/c1-11(14-9-18-10-14)17(22)21-15-5-3-4-13(8-15)16-6-7-19-12(2)20-16;/h3-8,11,14,18H,9-10H2,1-2H3,(H,21,22);1H. The SMILES string of the molecule is Cc1nccc(-c2cccc(NC(=O)C(C)C3CNC3)c2)n1.Cl. The summed E-state index contributed by atoms with van der Waals surface area (Å²) in [6, 6.07) is 9.64. The van der Waals surface area contributed by atoms with E-state index in [1.807, 2.05) is 44.2 Å². The Morgan fingerprint density at radius 3 is 2.78 bits per heavy atom. The number of hydrogen-bond acceptors (Lipinski definition) is 4. The summed E-state index contributed by atoms with van der Waals surface area (Å²) in [6.07, 6.45) is 1.74. The van der Waals surface area contributed by atoms with E-state index in [1.165, 1.54) is 0 Å². The largest absolute Gasteiger partial charge is 0.326 e. The van der Waals surface area contributed by atoms with Crippen LogP contribution in [0.4, 0.5) is 5.69 Å². The lowest BCUT2D eigenvalue weighted by Gasteiger charge is -2.31. The molecular weight excluding hydrogens is 312 g/mol. The molecule has 1 aliphatic heterocycles. The highest BCUT2D eigenvalue weighted by Gasteiger charge is 2.28. The van der Waals surface area contributed by atoms with Crippen LogP contribution in [-0.4, -0.2) is 29.0 Å². The molecule has 2 heterocycles. The van der Waals surface area contributed by atoms with Crippen LogP contribution in [0, 0.1) is 18.8 Å². The number of aryl methyl sites for hydroxylation is 1. The topological polar surface area (TPSA) is 66.9 Å². The van der Waals surface area contributed by atoms with Gasteiger partial charge in [-0.05, 0) is 44.1 Å². The molecule has 1 unspecified atom stereocenters. The second kappa shape index (κ2) is 7.53. The minimum Gasteiger partial charge on any atom is -0.326 e. The van der Waals surface area contributed by atoms with Gasteiger partial charge in [0.25, 0.3) is 0 Å². The molecule has 2 N–H and O–H groups in total. The van der Waals surface area contributed by atoms with E-state index in [1.54, 1.807) is 6.20 Å². The van der Waals surface area contributed by atoms with Crippen molar-refractivity contribution in [1.82, 2.24) is 15.3 Å². The predicted octanol–water partition coefficient (Wildman–Crippen LogP) is 2.67. The van der Waals surface area contributed by atoms with E-state index < -0.39 is 0 Å². The van der Waals surface area contributed by atoms with Gasteiger partial charge in [-0.3, -0.25) is 4.79 Å². The van der Waals surface area contributed by atoms with Crippen LogP contribution in [0.25, 0.3) is 11.3 Å². The van der Waals surface area contributed by atoms with Gasteiger partial charge in [0.05, 0.1) is 5.69 Å². The molecule has 1 amide bonds. The molecule has 3 rings (SSSR count). The molecule has 0 aliphatic carbocycles. The average molecular weight is 333 g/mol. The Bertz CT molecular complexity index is 688. The number of carbonyl (C=O) groups excluding carboxylic acids is 1. The monoisotopic (exact) mass is 332 g/mol. The Morgan fingerprint density at radius 1 is 1.35 bits per heavy atom. The molecule has 1 atom stereocenters. The quantitative estimate of drug-likeness (QED) is 0.903. The van der Waals surface area contributed by atoms with Crippen LogP contribution in [-0.2, 0) is 4.79 Å². The Balaban J connectivity index is 0.00000192. The van der Waals surface area contributed by atoms with Crippen molar-refractivity contribution >= 4 is 24.0 Å². The Hall–Kier alpha value is -1.98. The number of hydrogen-bond donors (Lipinski definition) is 2. The molecule has 2 aromatic rings. The third kappa shape index (κ3) is 4.06. The Kier molecular flexibility index (Phi) is 5.69. The molecule has 1 fully saturated rings. The highest BCUT2D eigenvalue weighted by Crippen LogP contribution is 2.22. The molecule has 1 aromatic carbocycles. The lowest BCUT2D eigenvalue weighted by atomic mass is 9.88. The first-order valence-electron chi connectivity index (χ1n) is 7.55. The van der Waals surface area contributed by atoms with E-state index in [2.05, 4.69) is 20.6 Å². The van der Waals surface area contributed by atoms with Gasteiger partial charge < -0.3 is 10.6 Å². The normalized spacial score (nSPS) is 15.2. The maximum absolute atomic E-state index is 12.3. The molecule has 1 aliphatic rings. The molecule has 0 saturated carbocycles. The number of carbonyl (C=O) groups is 1. The molecule has 0 radical (unpaired) electrons. The predicted molar refractivity (Wildman–Crippen MR) is 93.6 cm³/mol. The molecular formula is C17H21ClN4O. The summed E-state index contributed by atoms with van der Waals surface area (Å²) < 4.78 is 0. The first-order chi connectivity index (χ1) is 10.6. The molecule has 5 nitrogen and oxygen atoms in total. The zero-order valence-electron chi connectivity index (χ0n) is 13.2. The zero-order valence-corrected chi connectivity index (χ0v) is 14.1. The van der Waals surface area contributed by atoms with Gasteiger partial charge in [-0.2, -0.15) is 0 Å². The number of nitrogens with zero attached hydrogens (tertiary/aromatic N) is 2. The number of halogens is 1. The fraction of sp³-hybridized carbons (Fsp3) is 0.353. The number of benzene rings is 1. The van der Waals surface area contributed by atoms with Crippen LogP contribution in [0.3, 0.4) is 0 Å². The summed E-state index contributed by atoms with van der Waals surface area (Å²) in [5, 5.41) is 6.21. The van der Waals surface area contributed by atoms with E-state index in [0.717, 1.165) is 35.9 Å². The number of aromatic nitrogens is 2. The van der Waals surface area contributed by atoms with E-state index in [4.69, 9.17) is 0 Å². The van der Waals surface area contributed by atoms with E-state index in [9.17, 15) is 4.79 Å². The second-order valence-electron chi connectivity index (χ2n) is 5.77. The van der Waals surface area contributed by atoms with Crippen molar-refractivity contribution in [2.75, 3.05) is 18.4 Å². The van der Waals surface area contributed by atoms with Crippen LogP contribution in [0.2, 0.25) is 0 Å². The van der Waals surface area contributed by atoms with Crippen LogP contribution in [0.1, 0.15) is 12.7 Å². The zero-order chi connectivity index (χ0) is 15.5. The highest BCUT2D eigenvalue weighted by molar-refractivity contribution is 5.93. The molecule has 23 heavy (non-hydrogen) atoms. The van der Waals surface area contributed by atoms with Crippen LogP contribution in [0.5, 0.6) is 0 Å². The molecule has 1 saturated heterocycles. The molecule has 6 heteroatoms. The van der Waals surface area contributed by atoms with Gasteiger partial charge in [0, 0.05) is 23.4 Å². The van der Waals surface area contributed by atoms with Crippen molar-refractivity contribution in [2.24, 2.45) is 11.8 Å². The second-order valence-corrected chi connectivity index (χ2v) is 5.77. The third-order valence-electron chi connectivity index (χ3n) is 4.14. The number of rotatable bonds is 4. The maximum atomic E-state index is 12.3. The lowest BCUT2D eigenvalue weighted by Crippen LogP contribution is -2.48. The summed E-state index contributed by atoms with van der Waals surface area (Å²) in [4.78, 5) is 20.8. The van der Waals surface area contributed by atoms with Crippen molar-refractivity contribution in [1.29, 1.82) is 0 Å². The minimum atomic E-state index is 0. The fourth-order valence-electron chi connectivity index (χ4n) is 2.51. The van der Waals surface area contributed by atoms with Crippen molar-refractivity contribution in [3.8, 4) is 11.3 Å². The van der Waals surface area contributed by atoms with Crippen LogP contribution < -0.4 is 10.6 Å². The number of amides is 1. The van der Waals surface area contributed by atoms with Crippen LogP contribution >= 0.6 is 12.4 Å². The lowest BCUT2D eigenvalue weighted by molar-refractivity contribution is -0.121. The van der Waals surface area contributed by atoms with Crippen molar-refractivity contribution in [3.63, 3.8) is 0 Å². The van der Waals surface area contributed by atoms with E-state index in [-0.39, 0.29) is 24.2 Å². The van der Waals surface area contributed by atoms with Crippen LogP contribution in [0.15, 0.2) is 36.5 Å². The van der Waals surface area contributed by atoms with Gasteiger partial charge in [0.15, 0.2) is 0 Å². The minimum absolute atomic E-state index is 0. The fourth-order valence-corrected chi connectivity index (χ4v) is 2.51. The van der Waals surface area contributed by atoms with E-state index in [0.29, 0.717) is 5.92 Å². The first kappa shape index (κ1) is 17.4. The van der Waals surface area contributed by atoms with Gasteiger partial charge in [0.1, 0.15) is 5.82 Å². The molecule has 1 aromatic heterocycles. The summed E-state index contributed by atoms with van der Waals surface area (Å²) >= 11 is 0. The van der Waals surface area contributed by atoms with Crippen molar-refractivity contribution < 1.29 is 4.79 Å². The van der Waals surface area contributed by atoms with Crippen molar-refractivity contribution in [3.05, 3.63) is 42.4 Å². The smallest absolute Gasteiger partial charge is 0.227 e. The van der Waals surface area contributed by atoms with Gasteiger partial charge in [-0.25, -0.2) is 9.97 Å². The molecule has 122 valence electrons. The molecule has 0 spiro atoms. The average Bonchev–Trinajstić information content (AvgIpc) is 2.45. The summed E-state index contributed by atoms with van der Waals surface area (Å²) in [5.74, 6) is 1.26. The van der Waals surface area contributed by atoms with Gasteiger partial charge >= 0.3 is 0 Å². The Morgan fingerprint density at radius 2 is 2.13 bits per heavy atom. The summed E-state index contributed by atoms with van der Waals surface area (Å²) in [5.41, 5.74) is 2.64. The Labute approximate surface area is 142 Å². The van der Waals surface area contributed by atoms with Gasteiger partial charge in [-0.1, -0.05) is 19.1 Å². The number of anilines is 1. The molecule has 0 bridgehead atoms. The summed E-state index contributed by atoms with van der Waals surface area (Å²) in [6.45, 7) is 5.70.